The number of quaternary nitrogens is 1. The van der Waals surface area contributed by atoms with Gasteiger partial charge in [0.15, 0.2) is 6.54 Å². The highest BCUT2D eigenvalue weighted by Crippen LogP contribution is 2.24. The van der Waals surface area contributed by atoms with Crippen molar-refractivity contribution in [3.8, 4) is 0 Å². The number of carbonyl (C=O) groups excluding carboxylic acids is 1. The molecule has 0 spiro atoms. The fourth-order valence-electron chi connectivity index (χ4n) is 3.45. The van der Waals surface area contributed by atoms with Crippen LogP contribution >= 0.6 is 11.3 Å². The summed E-state index contributed by atoms with van der Waals surface area (Å²) >= 11 is 1.71. The number of rotatable bonds is 5. The molecule has 4 rings (SSSR count). The highest BCUT2D eigenvalue weighted by Gasteiger charge is 2.15. The molecular weight excluding hydrogens is 330 g/mol. The molecule has 128 valence electrons. The van der Waals surface area contributed by atoms with Gasteiger partial charge in [0.1, 0.15) is 11.6 Å². The van der Waals surface area contributed by atoms with E-state index in [4.69, 9.17) is 0 Å². The summed E-state index contributed by atoms with van der Waals surface area (Å²) in [5.41, 5.74) is 4.76. The first-order valence-electron chi connectivity index (χ1n) is 8.75. The Morgan fingerprint density at radius 1 is 1.20 bits per heavy atom. The highest BCUT2D eigenvalue weighted by molar-refractivity contribution is 7.18. The van der Waals surface area contributed by atoms with E-state index in [2.05, 4.69) is 28.5 Å². The van der Waals surface area contributed by atoms with Gasteiger partial charge in [0, 0.05) is 5.69 Å². The topological polar surface area (TPSA) is 46.4 Å². The Hall–Kier alpha value is -2.24. The number of nitrogens with one attached hydrogen (secondary N) is 2. The molecule has 0 aliphatic heterocycles. The van der Waals surface area contributed by atoms with Crippen LogP contribution in [0, 0.1) is 0 Å². The van der Waals surface area contributed by atoms with Crippen molar-refractivity contribution >= 4 is 33.1 Å². The lowest BCUT2D eigenvalue weighted by Gasteiger charge is -2.13. The molecule has 2 aromatic carbocycles. The van der Waals surface area contributed by atoms with Crippen LogP contribution in [0.1, 0.15) is 22.6 Å². The van der Waals surface area contributed by atoms with E-state index in [1.165, 1.54) is 28.7 Å². The summed E-state index contributed by atoms with van der Waals surface area (Å²) in [7, 11) is 2.04. The molecule has 1 atom stereocenters. The lowest BCUT2D eigenvalue weighted by atomic mass is 10.1. The van der Waals surface area contributed by atoms with Crippen molar-refractivity contribution in [3.05, 3.63) is 58.6 Å². The van der Waals surface area contributed by atoms with Crippen molar-refractivity contribution in [2.75, 3.05) is 18.9 Å². The van der Waals surface area contributed by atoms with Gasteiger partial charge in [0.2, 0.25) is 0 Å². The summed E-state index contributed by atoms with van der Waals surface area (Å²) in [5, 5.41) is 4.11. The average molecular weight is 352 g/mol. The molecule has 1 aliphatic carbocycles. The number of fused-ring (bicyclic) bond motifs is 2. The van der Waals surface area contributed by atoms with Crippen LogP contribution in [0.25, 0.3) is 10.2 Å². The normalized spacial score (nSPS) is 14.4. The van der Waals surface area contributed by atoms with E-state index in [-0.39, 0.29) is 5.91 Å². The van der Waals surface area contributed by atoms with E-state index in [0.717, 1.165) is 34.1 Å². The molecule has 0 bridgehead atoms. The van der Waals surface area contributed by atoms with E-state index >= 15 is 0 Å². The van der Waals surface area contributed by atoms with Crippen LogP contribution in [0.15, 0.2) is 42.5 Å². The maximum Gasteiger partial charge on any atom is 0.279 e. The predicted octanol–water partition coefficient (Wildman–Crippen LogP) is 2.44. The van der Waals surface area contributed by atoms with Gasteiger partial charge in [-0.25, -0.2) is 4.98 Å². The van der Waals surface area contributed by atoms with Gasteiger partial charge in [-0.2, -0.15) is 0 Å². The second kappa shape index (κ2) is 6.94. The molecule has 0 radical (unpaired) electrons. The molecule has 1 heterocycles. The third-order valence-electron chi connectivity index (χ3n) is 4.64. The van der Waals surface area contributed by atoms with Gasteiger partial charge in [-0.1, -0.05) is 18.2 Å². The molecule has 1 unspecified atom stereocenters. The zero-order chi connectivity index (χ0) is 17.2. The van der Waals surface area contributed by atoms with Crippen molar-refractivity contribution in [1.82, 2.24) is 4.98 Å². The molecule has 3 aromatic rings. The predicted molar refractivity (Wildman–Crippen MR) is 102 cm³/mol. The van der Waals surface area contributed by atoms with Crippen molar-refractivity contribution in [2.45, 2.75) is 25.8 Å². The van der Waals surface area contributed by atoms with Crippen LogP contribution in [0.3, 0.4) is 0 Å². The molecule has 5 heteroatoms. The van der Waals surface area contributed by atoms with Gasteiger partial charge in [-0.05, 0) is 54.7 Å². The van der Waals surface area contributed by atoms with Crippen LogP contribution in [0.4, 0.5) is 5.69 Å². The summed E-state index contributed by atoms with van der Waals surface area (Å²) < 4.78 is 1.20. The second-order valence-corrected chi connectivity index (χ2v) is 7.89. The van der Waals surface area contributed by atoms with E-state index in [0.29, 0.717) is 6.54 Å². The van der Waals surface area contributed by atoms with Crippen molar-refractivity contribution in [1.29, 1.82) is 0 Å². The van der Waals surface area contributed by atoms with Crippen molar-refractivity contribution in [3.63, 3.8) is 0 Å². The Kier molecular flexibility index (Phi) is 4.51. The fourth-order valence-corrected chi connectivity index (χ4v) is 4.53. The highest BCUT2D eigenvalue weighted by atomic mass is 32.1. The maximum absolute atomic E-state index is 12.3. The Morgan fingerprint density at radius 3 is 2.92 bits per heavy atom. The van der Waals surface area contributed by atoms with Gasteiger partial charge >= 0.3 is 0 Å². The van der Waals surface area contributed by atoms with Crippen LogP contribution in [0.2, 0.25) is 0 Å². The van der Waals surface area contributed by atoms with E-state index in [1.54, 1.807) is 11.3 Å². The van der Waals surface area contributed by atoms with Gasteiger partial charge in [0.05, 0.1) is 17.3 Å². The largest absolute Gasteiger partial charge is 0.324 e. The average Bonchev–Trinajstić information content (AvgIpc) is 3.19. The number of amides is 1. The Morgan fingerprint density at radius 2 is 2.04 bits per heavy atom. The molecule has 0 fully saturated rings. The summed E-state index contributed by atoms with van der Waals surface area (Å²) in [4.78, 5) is 18.1. The summed E-state index contributed by atoms with van der Waals surface area (Å²) in [6.45, 7) is 1.20. The number of para-hydroxylation sites is 1. The molecule has 25 heavy (non-hydrogen) atoms. The number of likely N-dealkylation sites (N-methyl/N-ethyl adjacent to an activating group) is 1. The van der Waals surface area contributed by atoms with Gasteiger partial charge in [0.25, 0.3) is 5.91 Å². The minimum absolute atomic E-state index is 0.0524. The van der Waals surface area contributed by atoms with Gasteiger partial charge in [-0.3, -0.25) is 4.79 Å². The summed E-state index contributed by atoms with van der Waals surface area (Å²) in [6, 6.07) is 14.5. The number of hydrogen-bond donors (Lipinski definition) is 2. The molecule has 1 amide bonds. The van der Waals surface area contributed by atoms with Crippen molar-refractivity contribution < 1.29 is 9.69 Å². The summed E-state index contributed by atoms with van der Waals surface area (Å²) in [5.74, 6) is 0.0524. The zero-order valence-electron chi connectivity index (χ0n) is 14.3. The lowest BCUT2D eigenvalue weighted by molar-refractivity contribution is -0.885. The van der Waals surface area contributed by atoms with E-state index < -0.39 is 0 Å². The molecule has 0 saturated carbocycles. The molecule has 4 nitrogen and oxygen atoms in total. The minimum Gasteiger partial charge on any atom is -0.324 e. The summed E-state index contributed by atoms with van der Waals surface area (Å²) in [6.07, 6.45) is 3.52. The molecular formula is C20H22N3OS+. The first-order valence-corrected chi connectivity index (χ1v) is 9.56. The first kappa shape index (κ1) is 16.2. The van der Waals surface area contributed by atoms with Crippen LogP contribution in [-0.2, 0) is 24.2 Å². The third-order valence-corrected chi connectivity index (χ3v) is 5.67. The quantitative estimate of drug-likeness (QED) is 0.741. The van der Waals surface area contributed by atoms with E-state index in [1.807, 2.05) is 31.3 Å². The number of nitrogens with zero attached hydrogens (tertiary/aromatic N) is 1. The fraction of sp³-hybridized carbons (Fsp3) is 0.300. The third kappa shape index (κ3) is 3.72. The second-order valence-electron chi connectivity index (χ2n) is 6.77. The number of aromatic nitrogens is 1. The molecule has 0 saturated heterocycles. The molecule has 1 aromatic heterocycles. The van der Waals surface area contributed by atoms with Crippen LogP contribution in [0.5, 0.6) is 0 Å². The number of thiazole rings is 1. The number of benzene rings is 2. The van der Waals surface area contributed by atoms with Crippen molar-refractivity contribution in [2.24, 2.45) is 0 Å². The zero-order valence-corrected chi connectivity index (χ0v) is 15.2. The van der Waals surface area contributed by atoms with Gasteiger partial charge < -0.3 is 10.2 Å². The van der Waals surface area contributed by atoms with Crippen LogP contribution < -0.4 is 10.2 Å². The minimum atomic E-state index is 0.0524. The molecule has 1 aliphatic rings. The monoisotopic (exact) mass is 352 g/mol. The number of aryl methyl sites for hydroxylation is 2. The van der Waals surface area contributed by atoms with Gasteiger partial charge in [-0.15, -0.1) is 11.3 Å². The Labute approximate surface area is 151 Å². The number of hydrogen-bond acceptors (Lipinski definition) is 3. The smallest absolute Gasteiger partial charge is 0.279 e. The first-order chi connectivity index (χ1) is 12.2. The molecule has 2 N–H and O–H groups in total. The number of carbonyl (C=O) groups is 1. The number of anilines is 1. The maximum atomic E-state index is 12.3. The Balaban J connectivity index is 1.35. The van der Waals surface area contributed by atoms with E-state index in [9.17, 15) is 4.79 Å². The SMILES string of the molecule is C[NH+](CC(=O)Nc1ccc2c(c1)CCC2)Cc1nc2ccccc2s1. The van der Waals surface area contributed by atoms with Crippen LogP contribution in [-0.4, -0.2) is 24.5 Å². The Bertz CT molecular complexity index is 885. The lowest BCUT2D eigenvalue weighted by Crippen LogP contribution is -3.08. The standard InChI is InChI=1S/C20H21N3OS/c1-23(13-20-22-17-7-2-3-8-18(17)25-20)12-19(24)21-16-10-9-14-5-4-6-15(14)11-16/h2-3,7-11H,4-6,12-13H2,1H3,(H,21,24)/p+1.